The molecule has 0 spiro atoms. The first-order valence-corrected chi connectivity index (χ1v) is 22.7. The molecule has 4 atom stereocenters. The number of unbranched alkanes of at least 4 members (excludes halogenated alkanes) is 1. The van der Waals surface area contributed by atoms with E-state index in [2.05, 4.69) is 31.2 Å². The first-order chi connectivity index (χ1) is 33.9. The van der Waals surface area contributed by atoms with Crippen LogP contribution in [0.5, 0.6) is 17.2 Å². The number of nitrogens with zero attached hydrogens (tertiary/aromatic N) is 4. The van der Waals surface area contributed by atoms with Gasteiger partial charge in [-0.3, -0.25) is 24.0 Å². The molecule has 4 unspecified atom stereocenters. The number of aryl methyl sites for hydroxylation is 2. The maximum atomic E-state index is 15.4. The summed E-state index contributed by atoms with van der Waals surface area (Å²) in [6.07, 6.45) is 0.687. The smallest absolute Gasteiger partial charge is 0.255 e. The molecule has 0 fully saturated rings. The number of aromatic nitrogens is 2. The molecule has 380 valence electrons. The third kappa shape index (κ3) is 12.7. The second kappa shape index (κ2) is 24.9. The number of fused-ring (bicyclic) bond motifs is 5. The molecular formula is C48H57F4N11O8. The van der Waals surface area contributed by atoms with Crippen molar-refractivity contribution in [1.82, 2.24) is 36.1 Å². The minimum Gasteiger partial charge on any atom is -0.492 e. The molecule has 0 radical (unpaired) electrons. The first kappa shape index (κ1) is 54.5. The molecule has 71 heavy (non-hydrogen) atoms. The van der Waals surface area contributed by atoms with Crippen molar-refractivity contribution in [1.29, 1.82) is 5.26 Å². The first-order valence-electron chi connectivity index (χ1n) is 22.7. The largest absolute Gasteiger partial charge is 0.492 e. The summed E-state index contributed by atoms with van der Waals surface area (Å²) in [5.41, 5.74) is 17.2. The fourth-order valence-electron chi connectivity index (χ4n) is 7.77. The van der Waals surface area contributed by atoms with Crippen LogP contribution in [0.2, 0.25) is 0 Å². The van der Waals surface area contributed by atoms with Gasteiger partial charge in [-0.2, -0.15) is 14.0 Å². The van der Waals surface area contributed by atoms with E-state index in [-0.39, 0.29) is 81.4 Å². The van der Waals surface area contributed by atoms with Crippen molar-refractivity contribution < 1.29 is 55.7 Å². The van der Waals surface area contributed by atoms with E-state index in [1.165, 1.54) is 33.9 Å². The normalized spacial score (nSPS) is 16.1. The van der Waals surface area contributed by atoms with Crippen molar-refractivity contribution in [3.8, 4) is 45.8 Å². The Balaban J connectivity index is 1.57. The van der Waals surface area contributed by atoms with E-state index in [4.69, 9.17) is 36.7 Å². The number of hydrogen-bond acceptors (Lipinski definition) is 14. The molecule has 10 N–H and O–H groups in total. The van der Waals surface area contributed by atoms with E-state index in [9.17, 15) is 24.0 Å². The summed E-state index contributed by atoms with van der Waals surface area (Å²) in [5.74, 6) is -12.8. The van der Waals surface area contributed by atoms with Gasteiger partial charge in [0, 0.05) is 37.7 Å². The van der Waals surface area contributed by atoms with Gasteiger partial charge in [-0.25, -0.2) is 18.7 Å². The summed E-state index contributed by atoms with van der Waals surface area (Å²) >= 11 is 0. The van der Waals surface area contributed by atoms with Crippen LogP contribution in [0.25, 0.3) is 22.5 Å². The van der Waals surface area contributed by atoms with Crippen molar-refractivity contribution in [3.05, 3.63) is 87.7 Å². The minimum atomic E-state index is -1.82. The summed E-state index contributed by atoms with van der Waals surface area (Å²) in [6, 6.07) is 5.97. The number of nitrogens with one attached hydrogen (secondary N) is 4. The van der Waals surface area contributed by atoms with Crippen LogP contribution in [0.15, 0.2) is 36.4 Å². The van der Waals surface area contributed by atoms with E-state index in [1.54, 1.807) is 37.3 Å². The van der Waals surface area contributed by atoms with Crippen LogP contribution < -0.4 is 52.7 Å². The van der Waals surface area contributed by atoms with Crippen LogP contribution in [-0.2, 0) is 25.6 Å². The lowest BCUT2D eigenvalue weighted by Crippen LogP contribution is -2.56. The van der Waals surface area contributed by atoms with Crippen LogP contribution in [0.1, 0.15) is 72.0 Å². The number of likely N-dealkylation sites (N-methyl/N-ethyl adjacent to an activating group) is 1. The number of amides is 5. The monoisotopic (exact) mass is 991 g/mol. The van der Waals surface area contributed by atoms with Crippen molar-refractivity contribution in [2.24, 2.45) is 17.2 Å². The van der Waals surface area contributed by atoms with Crippen molar-refractivity contribution in [2.45, 2.75) is 77.5 Å². The number of benzene rings is 3. The molecule has 4 aromatic rings. The van der Waals surface area contributed by atoms with Gasteiger partial charge in [0.05, 0.1) is 35.2 Å². The van der Waals surface area contributed by atoms with Crippen molar-refractivity contribution in [3.63, 3.8) is 0 Å². The van der Waals surface area contributed by atoms with Gasteiger partial charge in [-0.05, 0) is 75.5 Å². The highest BCUT2D eigenvalue weighted by Crippen LogP contribution is 2.41. The zero-order valence-electron chi connectivity index (χ0n) is 39.9. The molecular weight excluding hydrogens is 935 g/mol. The van der Waals surface area contributed by atoms with Gasteiger partial charge in [0.15, 0.2) is 23.2 Å². The third-order valence-electron chi connectivity index (χ3n) is 11.3. The number of nitriles is 1. The zero-order valence-corrected chi connectivity index (χ0v) is 39.9. The minimum absolute atomic E-state index is 0.0596. The van der Waals surface area contributed by atoms with Gasteiger partial charge in [0.1, 0.15) is 55.4 Å². The van der Waals surface area contributed by atoms with E-state index in [0.29, 0.717) is 41.0 Å². The Hall–Kier alpha value is -7.42. The Kier molecular flexibility index (Phi) is 19.1. The average Bonchev–Trinajstić information content (AvgIpc) is 3.34. The van der Waals surface area contributed by atoms with Crippen LogP contribution in [0.4, 0.5) is 17.6 Å². The highest BCUT2D eigenvalue weighted by Gasteiger charge is 2.37. The van der Waals surface area contributed by atoms with Crippen LogP contribution in [0.3, 0.4) is 0 Å². The Morgan fingerprint density at radius 3 is 2.04 bits per heavy atom. The standard InChI is InChI=1S/C48H57F4N11O8/c1-6-7-18-71-42-39(51)37(49)36(38(50)40(42)52)43-58-24(2)35(25(3)59-43)46(66)61-31(12-13-53)48(68)63(5)41-28-9-11-34(70-20-16-56)30(23-28)29-21-27(8-10-33(29)69-19-15-55)22-32(45(65)57-17-14-54)62-44(64)26(4)60-47(41)67/h8-11,21,23,26,31-32,41H,6-7,12-13,15-20,22,53,55-56H2,1-5H3,(H,57,65)(H,60,67)(H,61,66)(H,62,64). The Bertz CT molecular complexity index is 2640. The second-order valence-electron chi connectivity index (χ2n) is 16.4. The highest BCUT2D eigenvalue weighted by molar-refractivity contribution is 6.00. The second-order valence-corrected chi connectivity index (χ2v) is 16.4. The summed E-state index contributed by atoms with van der Waals surface area (Å²) in [5, 5.41) is 19.5. The van der Waals surface area contributed by atoms with Gasteiger partial charge in [-0.1, -0.05) is 25.5 Å². The molecule has 19 nitrogen and oxygen atoms in total. The molecule has 5 rings (SSSR count). The van der Waals surface area contributed by atoms with Crippen LogP contribution >= 0.6 is 0 Å². The number of rotatable bonds is 19. The van der Waals surface area contributed by atoms with Gasteiger partial charge in [0.2, 0.25) is 35.3 Å². The number of ether oxygens (including phenoxy) is 3. The molecule has 4 bridgehead atoms. The van der Waals surface area contributed by atoms with Gasteiger partial charge >= 0.3 is 0 Å². The molecule has 1 aliphatic heterocycles. The van der Waals surface area contributed by atoms with Crippen LogP contribution in [0, 0.1) is 48.4 Å². The summed E-state index contributed by atoms with van der Waals surface area (Å²) < 4.78 is 78.0. The topological polar surface area (TPSA) is 292 Å². The average molecular weight is 992 g/mol. The summed E-state index contributed by atoms with van der Waals surface area (Å²) in [7, 11) is 1.29. The molecule has 1 aliphatic rings. The quantitative estimate of drug-likeness (QED) is 0.0308. The molecule has 23 heteroatoms. The van der Waals surface area contributed by atoms with Crippen molar-refractivity contribution >= 4 is 29.5 Å². The molecule has 0 saturated carbocycles. The fourth-order valence-corrected chi connectivity index (χ4v) is 7.77. The number of nitrogens with two attached hydrogens (primary N) is 3. The van der Waals surface area contributed by atoms with Crippen molar-refractivity contribution in [2.75, 3.05) is 53.0 Å². The van der Waals surface area contributed by atoms with Crippen LogP contribution in [-0.4, -0.2) is 116 Å². The van der Waals surface area contributed by atoms with E-state index >= 15 is 17.6 Å². The molecule has 3 aromatic carbocycles. The maximum absolute atomic E-state index is 15.4. The van der Waals surface area contributed by atoms with E-state index < -0.39 is 94.1 Å². The molecule has 2 heterocycles. The number of hydrogen-bond donors (Lipinski definition) is 7. The Morgan fingerprint density at radius 1 is 0.859 bits per heavy atom. The predicted octanol–water partition coefficient (Wildman–Crippen LogP) is 2.67. The third-order valence-corrected chi connectivity index (χ3v) is 11.3. The summed E-state index contributed by atoms with van der Waals surface area (Å²) in [6.45, 7) is 5.40. The lowest BCUT2D eigenvalue weighted by molar-refractivity contribution is -0.141. The molecule has 0 aliphatic carbocycles. The lowest BCUT2D eigenvalue weighted by Gasteiger charge is -2.32. The van der Waals surface area contributed by atoms with Gasteiger partial charge in [0.25, 0.3) is 5.91 Å². The Labute approximate surface area is 407 Å². The maximum Gasteiger partial charge on any atom is 0.255 e. The van der Waals surface area contributed by atoms with E-state index in [0.717, 1.165) is 4.90 Å². The number of carbonyl (C=O) groups is 5. The molecule has 5 amide bonds. The lowest BCUT2D eigenvalue weighted by atomic mass is 9.93. The number of halogens is 4. The predicted molar refractivity (Wildman–Crippen MR) is 250 cm³/mol. The highest BCUT2D eigenvalue weighted by atomic mass is 19.2. The molecule has 1 aromatic heterocycles. The fraction of sp³-hybridized carbons (Fsp3) is 0.417. The zero-order chi connectivity index (χ0) is 52.1. The Morgan fingerprint density at radius 2 is 1.46 bits per heavy atom. The summed E-state index contributed by atoms with van der Waals surface area (Å²) in [4.78, 5) is 79.6. The number of carbonyl (C=O) groups excluding carboxylic acids is 5. The SMILES string of the molecule is CCCCOc1c(F)c(F)c(-c2nc(C)c(C(=O)NC(CCN)C(=O)N(C)C3C(=O)NC(C)C(=O)NC(C(=O)NCC#N)Cc4ccc(OCCN)c(c4)-c4cc3ccc4OCCN)c(C)n2)c(F)c1F. The van der Waals surface area contributed by atoms with Gasteiger partial charge < -0.3 is 57.6 Å². The van der Waals surface area contributed by atoms with Gasteiger partial charge in [-0.15, -0.1) is 0 Å². The van der Waals surface area contributed by atoms with E-state index in [1.807, 2.05) is 6.07 Å². The molecule has 0 saturated heterocycles.